The molecule has 2 rings (SSSR count). The van der Waals surface area contributed by atoms with Gasteiger partial charge in [0.15, 0.2) is 11.6 Å². The van der Waals surface area contributed by atoms with Crippen molar-refractivity contribution in [2.24, 2.45) is 0 Å². The number of aromatic nitrogens is 3. The summed E-state index contributed by atoms with van der Waals surface area (Å²) >= 11 is 5.56. The number of hydrogen-bond acceptors (Lipinski definition) is 4. The van der Waals surface area contributed by atoms with E-state index in [4.69, 9.17) is 16.3 Å². The van der Waals surface area contributed by atoms with Crippen LogP contribution >= 0.6 is 11.6 Å². The maximum Gasteiger partial charge on any atom is 0.250 e. The molecule has 0 aliphatic heterocycles. The molecule has 2 heterocycles. The van der Waals surface area contributed by atoms with Crippen molar-refractivity contribution in [3.63, 3.8) is 0 Å². The molecule has 0 atom stereocenters. The minimum atomic E-state index is -0.704. The Labute approximate surface area is 107 Å². The fraction of sp³-hybridized carbons (Fsp3) is 0.182. The van der Waals surface area contributed by atoms with Gasteiger partial charge < -0.3 is 4.74 Å². The minimum Gasteiger partial charge on any atom is -0.476 e. The lowest BCUT2D eigenvalue weighted by Crippen LogP contribution is -1.99. The van der Waals surface area contributed by atoms with Crippen LogP contribution in [0.3, 0.4) is 0 Å². The Kier molecular flexibility index (Phi) is 3.66. The lowest BCUT2D eigenvalue weighted by atomic mass is 10.2. The Morgan fingerprint density at radius 1 is 1.22 bits per heavy atom. The molecule has 0 saturated heterocycles. The first-order chi connectivity index (χ1) is 8.61. The molecule has 0 radical (unpaired) electrons. The van der Waals surface area contributed by atoms with Gasteiger partial charge in [-0.05, 0) is 24.6 Å². The zero-order valence-corrected chi connectivity index (χ0v) is 10.1. The van der Waals surface area contributed by atoms with Crippen molar-refractivity contribution in [3.8, 4) is 17.1 Å². The third-order valence-electron chi connectivity index (χ3n) is 2.08. The zero-order valence-electron chi connectivity index (χ0n) is 9.32. The van der Waals surface area contributed by atoms with Crippen molar-refractivity contribution in [3.05, 3.63) is 35.4 Å². The van der Waals surface area contributed by atoms with Crippen molar-refractivity contribution in [2.75, 3.05) is 6.61 Å². The summed E-state index contributed by atoms with van der Waals surface area (Å²) in [6.45, 7) is 2.00. The molecule has 0 aromatic carbocycles. The normalized spacial score (nSPS) is 10.4. The monoisotopic (exact) mass is 271 g/mol. The van der Waals surface area contributed by atoms with Crippen LogP contribution in [-0.2, 0) is 0 Å². The molecule has 0 saturated carbocycles. The van der Waals surface area contributed by atoms with Crippen LogP contribution in [0, 0.1) is 11.6 Å². The molecule has 0 N–H and O–H groups in total. The Morgan fingerprint density at radius 2 is 2.00 bits per heavy atom. The topological polar surface area (TPSA) is 47.9 Å². The first kappa shape index (κ1) is 12.6. The molecule has 0 aliphatic rings. The summed E-state index contributed by atoms with van der Waals surface area (Å²) in [5.41, 5.74) is 0.0576. The zero-order chi connectivity index (χ0) is 13.1. The summed E-state index contributed by atoms with van der Waals surface area (Å²) in [6.07, 6.45) is 2.18. The third kappa shape index (κ3) is 2.53. The van der Waals surface area contributed by atoms with Gasteiger partial charge in [0, 0.05) is 11.8 Å². The van der Waals surface area contributed by atoms with Crippen molar-refractivity contribution >= 4 is 11.6 Å². The van der Waals surface area contributed by atoms with E-state index in [0.29, 0.717) is 0 Å². The highest BCUT2D eigenvalue weighted by Crippen LogP contribution is 2.24. The molecule has 4 nitrogen and oxygen atoms in total. The Balaban J connectivity index is 2.45. The second kappa shape index (κ2) is 5.22. The van der Waals surface area contributed by atoms with Gasteiger partial charge in [0.2, 0.25) is 11.2 Å². The molecule has 0 unspecified atom stereocenters. The number of pyridine rings is 1. The number of hydrogen-bond donors (Lipinski definition) is 0. The highest BCUT2D eigenvalue weighted by molar-refractivity contribution is 6.28. The predicted octanol–water partition coefficient (Wildman–Crippen LogP) is 2.87. The van der Waals surface area contributed by atoms with E-state index in [1.165, 1.54) is 6.20 Å². The summed E-state index contributed by atoms with van der Waals surface area (Å²) in [6, 6.07) is 1.08. The second-order valence-corrected chi connectivity index (χ2v) is 3.62. The van der Waals surface area contributed by atoms with Crippen LogP contribution in [0.15, 0.2) is 18.5 Å². The maximum atomic E-state index is 13.6. The molecule has 7 heteroatoms. The van der Waals surface area contributed by atoms with Crippen LogP contribution in [-0.4, -0.2) is 21.6 Å². The standard InChI is InChI=1S/C11H8ClF2N3O/c1-2-18-10-7(13)3-6(4-15-10)9-8(14)5-16-11(12)17-9/h3-5H,2H2,1H3. The van der Waals surface area contributed by atoms with Crippen molar-refractivity contribution in [1.82, 2.24) is 15.0 Å². The number of ether oxygens (including phenoxy) is 1. The van der Waals surface area contributed by atoms with Crippen molar-refractivity contribution in [1.29, 1.82) is 0 Å². The molecule has 0 spiro atoms. The smallest absolute Gasteiger partial charge is 0.250 e. The molecular formula is C11H8ClF2N3O. The van der Waals surface area contributed by atoms with Crippen molar-refractivity contribution < 1.29 is 13.5 Å². The minimum absolute atomic E-state index is 0.107. The molecule has 0 aliphatic carbocycles. The summed E-state index contributed by atoms with van der Waals surface area (Å²) in [5, 5.41) is -0.124. The van der Waals surface area contributed by atoms with Gasteiger partial charge in [0.1, 0.15) is 5.69 Å². The Morgan fingerprint density at radius 3 is 2.67 bits per heavy atom. The van der Waals surface area contributed by atoms with Crippen LogP contribution in [0.1, 0.15) is 6.92 Å². The van der Waals surface area contributed by atoms with E-state index in [0.717, 1.165) is 12.3 Å². The molecule has 94 valence electrons. The van der Waals surface area contributed by atoms with Crippen LogP contribution in [0.2, 0.25) is 5.28 Å². The second-order valence-electron chi connectivity index (χ2n) is 3.28. The predicted molar refractivity (Wildman–Crippen MR) is 61.4 cm³/mol. The summed E-state index contributed by atoms with van der Waals surface area (Å²) in [7, 11) is 0. The van der Waals surface area contributed by atoms with Crippen LogP contribution in [0.25, 0.3) is 11.3 Å². The largest absolute Gasteiger partial charge is 0.476 e. The van der Waals surface area contributed by atoms with E-state index in [2.05, 4.69) is 15.0 Å². The quantitative estimate of drug-likeness (QED) is 0.806. The van der Waals surface area contributed by atoms with E-state index in [-0.39, 0.29) is 29.0 Å². The van der Waals surface area contributed by atoms with Gasteiger partial charge in [0.05, 0.1) is 12.8 Å². The first-order valence-electron chi connectivity index (χ1n) is 5.08. The summed E-state index contributed by atoms with van der Waals surface area (Å²) in [5.74, 6) is -1.53. The molecule has 0 bridgehead atoms. The summed E-state index contributed by atoms with van der Waals surface area (Å²) in [4.78, 5) is 10.9. The number of nitrogens with zero attached hydrogens (tertiary/aromatic N) is 3. The van der Waals surface area contributed by atoms with E-state index in [1.54, 1.807) is 6.92 Å². The van der Waals surface area contributed by atoms with Gasteiger partial charge >= 0.3 is 0 Å². The fourth-order valence-corrected chi connectivity index (χ4v) is 1.48. The van der Waals surface area contributed by atoms with Gasteiger partial charge in [-0.15, -0.1) is 0 Å². The fourth-order valence-electron chi connectivity index (χ4n) is 1.35. The Bertz CT molecular complexity index is 580. The van der Waals surface area contributed by atoms with E-state index in [9.17, 15) is 8.78 Å². The van der Waals surface area contributed by atoms with Gasteiger partial charge in [0.25, 0.3) is 0 Å². The number of halogens is 3. The van der Waals surface area contributed by atoms with Gasteiger partial charge in [-0.2, -0.15) is 0 Å². The van der Waals surface area contributed by atoms with Gasteiger partial charge in [-0.1, -0.05) is 0 Å². The highest BCUT2D eigenvalue weighted by atomic mass is 35.5. The molecule has 2 aromatic heterocycles. The average Bonchev–Trinajstić information content (AvgIpc) is 2.35. The molecule has 0 amide bonds. The SMILES string of the molecule is CCOc1ncc(-c2nc(Cl)ncc2F)cc1F. The number of rotatable bonds is 3. The Hall–Kier alpha value is -1.82. The van der Waals surface area contributed by atoms with Crippen LogP contribution < -0.4 is 4.74 Å². The lowest BCUT2D eigenvalue weighted by molar-refractivity contribution is 0.307. The molecular weight excluding hydrogens is 264 g/mol. The maximum absolute atomic E-state index is 13.6. The van der Waals surface area contributed by atoms with Crippen LogP contribution in [0.4, 0.5) is 8.78 Å². The van der Waals surface area contributed by atoms with Crippen molar-refractivity contribution in [2.45, 2.75) is 6.92 Å². The molecule has 2 aromatic rings. The molecule has 18 heavy (non-hydrogen) atoms. The lowest BCUT2D eigenvalue weighted by Gasteiger charge is -2.06. The highest BCUT2D eigenvalue weighted by Gasteiger charge is 2.13. The van der Waals surface area contributed by atoms with Gasteiger partial charge in [-0.25, -0.2) is 23.7 Å². The van der Waals surface area contributed by atoms with Crippen LogP contribution in [0.5, 0.6) is 5.88 Å². The van der Waals surface area contributed by atoms with Gasteiger partial charge in [-0.3, -0.25) is 0 Å². The first-order valence-corrected chi connectivity index (χ1v) is 5.46. The third-order valence-corrected chi connectivity index (χ3v) is 2.26. The van der Waals surface area contributed by atoms with E-state index < -0.39 is 11.6 Å². The average molecular weight is 272 g/mol. The van der Waals surface area contributed by atoms with E-state index in [1.807, 2.05) is 0 Å². The van der Waals surface area contributed by atoms with E-state index >= 15 is 0 Å². The molecule has 0 fully saturated rings. The summed E-state index contributed by atoms with van der Waals surface area (Å²) < 4.78 is 32.0.